The van der Waals surface area contributed by atoms with E-state index in [0.29, 0.717) is 22.8 Å². The number of aromatic nitrogens is 4. The number of Topliss-reactive ketones (excluding diaryl/α,β-unsaturated/α-hetero) is 1. The predicted molar refractivity (Wildman–Crippen MR) is 92.3 cm³/mol. The SMILES string of the molecule is Cc1[nH]c2ccccc2c1C(=O)CSc1nnc(CO)n1C1CC1. The Morgan fingerprint density at radius 1 is 1.38 bits per heavy atom. The number of carbonyl (C=O) groups excluding carboxylic acids is 1. The topological polar surface area (TPSA) is 83.8 Å². The fourth-order valence-corrected chi connectivity index (χ4v) is 3.95. The molecule has 1 saturated carbocycles. The summed E-state index contributed by atoms with van der Waals surface area (Å²) in [6, 6.07) is 8.21. The molecule has 2 N–H and O–H groups in total. The molecule has 7 heteroatoms. The summed E-state index contributed by atoms with van der Waals surface area (Å²) in [5, 5.41) is 19.2. The van der Waals surface area contributed by atoms with Gasteiger partial charge in [0.15, 0.2) is 16.8 Å². The zero-order valence-corrected chi connectivity index (χ0v) is 14.1. The third-order valence-corrected chi connectivity index (χ3v) is 5.24. The second-order valence-corrected chi connectivity index (χ2v) is 6.98. The quantitative estimate of drug-likeness (QED) is 0.531. The Morgan fingerprint density at radius 2 is 2.17 bits per heavy atom. The molecule has 0 atom stereocenters. The molecule has 3 aromatic rings. The van der Waals surface area contributed by atoms with E-state index in [1.807, 2.05) is 35.8 Å². The van der Waals surface area contributed by atoms with Crippen molar-refractivity contribution < 1.29 is 9.90 Å². The van der Waals surface area contributed by atoms with Gasteiger partial charge in [-0.25, -0.2) is 0 Å². The van der Waals surface area contributed by atoms with Crippen molar-refractivity contribution in [3.8, 4) is 0 Å². The van der Waals surface area contributed by atoms with Crippen LogP contribution in [0, 0.1) is 6.92 Å². The molecule has 1 aliphatic carbocycles. The summed E-state index contributed by atoms with van der Waals surface area (Å²) < 4.78 is 1.97. The number of aromatic amines is 1. The van der Waals surface area contributed by atoms with E-state index >= 15 is 0 Å². The van der Waals surface area contributed by atoms with Crippen LogP contribution >= 0.6 is 11.8 Å². The molecule has 0 saturated heterocycles. The molecule has 2 heterocycles. The summed E-state index contributed by atoms with van der Waals surface area (Å²) in [5.41, 5.74) is 2.62. The predicted octanol–water partition coefficient (Wildman–Crippen LogP) is 2.87. The number of aryl methyl sites for hydroxylation is 1. The van der Waals surface area contributed by atoms with Gasteiger partial charge in [0.05, 0.1) is 5.75 Å². The van der Waals surface area contributed by atoms with Crippen LogP contribution in [0.2, 0.25) is 0 Å². The van der Waals surface area contributed by atoms with Crippen molar-refractivity contribution in [1.29, 1.82) is 0 Å². The lowest BCUT2D eigenvalue weighted by Gasteiger charge is -2.07. The monoisotopic (exact) mass is 342 g/mol. The molecular formula is C17H18N4O2S. The van der Waals surface area contributed by atoms with E-state index in [-0.39, 0.29) is 12.4 Å². The van der Waals surface area contributed by atoms with Gasteiger partial charge < -0.3 is 14.7 Å². The first kappa shape index (κ1) is 15.4. The summed E-state index contributed by atoms with van der Waals surface area (Å²) in [4.78, 5) is 16.0. The van der Waals surface area contributed by atoms with Crippen LogP contribution in [0.5, 0.6) is 0 Å². The minimum Gasteiger partial charge on any atom is -0.388 e. The lowest BCUT2D eigenvalue weighted by molar-refractivity contribution is 0.102. The first-order valence-electron chi connectivity index (χ1n) is 7.97. The van der Waals surface area contributed by atoms with Crippen molar-refractivity contribution in [1.82, 2.24) is 19.7 Å². The number of thioether (sulfide) groups is 1. The van der Waals surface area contributed by atoms with Crippen molar-refractivity contribution >= 4 is 28.4 Å². The standard InChI is InChI=1S/C17H18N4O2S/c1-10-16(12-4-2-3-5-13(12)18-10)14(23)9-24-17-20-19-15(8-22)21(17)11-6-7-11/h2-5,11,18,22H,6-9H2,1H3. The van der Waals surface area contributed by atoms with Crippen LogP contribution in [-0.2, 0) is 6.61 Å². The number of benzene rings is 1. The minimum atomic E-state index is -0.125. The highest BCUT2D eigenvalue weighted by atomic mass is 32.2. The number of ketones is 1. The molecule has 0 aliphatic heterocycles. The normalized spacial score (nSPS) is 14.4. The molecule has 1 aromatic carbocycles. The summed E-state index contributed by atoms with van der Waals surface area (Å²) in [6.07, 6.45) is 2.15. The Bertz CT molecular complexity index is 911. The molecule has 4 rings (SSSR count). The molecule has 0 unspecified atom stereocenters. The van der Waals surface area contributed by atoms with E-state index in [4.69, 9.17) is 0 Å². The molecular weight excluding hydrogens is 324 g/mol. The highest BCUT2D eigenvalue weighted by Gasteiger charge is 2.29. The van der Waals surface area contributed by atoms with E-state index in [0.717, 1.165) is 35.0 Å². The highest BCUT2D eigenvalue weighted by molar-refractivity contribution is 7.99. The summed E-state index contributed by atoms with van der Waals surface area (Å²) in [7, 11) is 0. The first-order chi connectivity index (χ1) is 11.7. The van der Waals surface area contributed by atoms with Gasteiger partial charge in [-0.15, -0.1) is 10.2 Å². The van der Waals surface area contributed by atoms with Gasteiger partial charge in [0.1, 0.15) is 6.61 Å². The Balaban J connectivity index is 1.57. The maximum atomic E-state index is 12.7. The van der Waals surface area contributed by atoms with Gasteiger partial charge in [0.25, 0.3) is 0 Å². The number of carbonyl (C=O) groups is 1. The van der Waals surface area contributed by atoms with Crippen LogP contribution in [-0.4, -0.2) is 36.4 Å². The largest absolute Gasteiger partial charge is 0.388 e. The third-order valence-electron chi connectivity index (χ3n) is 4.29. The van der Waals surface area contributed by atoms with Gasteiger partial charge in [-0.1, -0.05) is 30.0 Å². The number of hydrogen-bond acceptors (Lipinski definition) is 5. The van der Waals surface area contributed by atoms with Gasteiger partial charge in [-0.3, -0.25) is 4.79 Å². The van der Waals surface area contributed by atoms with Gasteiger partial charge in [-0.05, 0) is 25.8 Å². The second-order valence-electron chi connectivity index (χ2n) is 6.04. The van der Waals surface area contributed by atoms with Crippen LogP contribution in [0.1, 0.15) is 40.8 Å². The Morgan fingerprint density at radius 3 is 2.92 bits per heavy atom. The van der Waals surface area contributed by atoms with E-state index in [1.165, 1.54) is 11.8 Å². The number of para-hydroxylation sites is 1. The van der Waals surface area contributed by atoms with Crippen molar-refractivity contribution in [2.45, 2.75) is 37.6 Å². The number of rotatable bonds is 6. The molecule has 6 nitrogen and oxygen atoms in total. The van der Waals surface area contributed by atoms with Gasteiger partial charge in [0.2, 0.25) is 0 Å². The Hall–Kier alpha value is -2.12. The molecule has 24 heavy (non-hydrogen) atoms. The number of aliphatic hydroxyl groups is 1. The Kier molecular flexibility index (Phi) is 3.90. The summed E-state index contributed by atoms with van der Waals surface area (Å²) in [6.45, 7) is 1.80. The third kappa shape index (κ3) is 2.63. The first-order valence-corrected chi connectivity index (χ1v) is 8.95. The van der Waals surface area contributed by atoms with Crippen LogP contribution in [0.25, 0.3) is 10.9 Å². The van der Waals surface area contributed by atoms with Gasteiger partial charge in [-0.2, -0.15) is 0 Å². The average molecular weight is 342 g/mol. The molecule has 0 bridgehead atoms. The Labute approximate surface area is 143 Å². The van der Waals surface area contributed by atoms with Gasteiger partial charge in [0, 0.05) is 28.2 Å². The second kappa shape index (κ2) is 6.07. The van der Waals surface area contributed by atoms with Crippen molar-refractivity contribution in [2.75, 3.05) is 5.75 Å². The number of nitrogens with one attached hydrogen (secondary N) is 1. The number of nitrogens with zero attached hydrogens (tertiary/aromatic N) is 3. The van der Waals surface area contributed by atoms with Crippen LogP contribution in [0.15, 0.2) is 29.4 Å². The number of H-pyrrole nitrogens is 1. The van der Waals surface area contributed by atoms with Crippen molar-refractivity contribution in [3.05, 3.63) is 41.3 Å². The minimum absolute atomic E-state index is 0.0749. The lowest BCUT2D eigenvalue weighted by Crippen LogP contribution is -2.07. The lowest BCUT2D eigenvalue weighted by atomic mass is 10.1. The fraction of sp³-hybridized carbons (Fsp3) is 0.353. The van der Waals surface area contributed by atoms with Crippen LogP contribution < -0.4 is 0 Å². The van der Waals surface area contributed by atoms with Gasteiger partial charge >= 0.3 is 0 Å². The zero-order chi connectivity index (χ0) is 16.7. The average Bonchev–Trinajstić information content (AvgIpc) is 3.24. The highest BCUT2D eigenvalue weighted by Crippen LogP contribution is 2.39. The fourth-order valence-electron chi connectivity index (χ4n) is 3.05. The number of hydrogen-bond donors (Lipinski definition) is 2. The molecule has 0 spiro atoms. The number of fused-ring (bicyclic) bond motifs is 1. The zero-order valence-electron chi connectivity index (χ0n) is 13.3. The summed E-state index contributed by atoms with van der Waals surface area (Å²) >= 11 is 1.39. The molecule has 1 aliphatic rings. The molecule has 1 fully saturated rings. The maximum Gasteiger partial charge on any atom is 0.191 e. The molecule has 124 valence electrons. The maximum absolute atomic E-state index is 12.7. The van der Waals surface area contributed by atoms with E-state index in [9.17, 15) is 9.90 Å². The van der Waals surface area contributed by atoms with Crippen molar-refractivity contribution in [3.63, 3.8) is 0 Å². The smallest absolute Gasteiger partial charge is 0.191 e. The van der Waals surface area contributed by atoms with E-state index < -0.39 is 0 Å². The molecule has 2 aromatic heterocycles. The van der Waals surface area contributed by atoms with Crippen LogP contribution in [0.3, 0.4) is 0 Å². The van der Waals surface area contributed by atoms with Crippen molar-refractivity contribution in [2.24, 2.45) is 0 Å². The summed E-state index contributed by atoms with van der Waals surface area (Å²) in [5.74, 6) is 0.959. The molecule has 0 radical (unpaired) electrons. The van der Waals surface area contributed by atoms with E-state index in [2.05, 4.69) is 15.2 Å². The van der Waals surface area contributed by atoms with Crippen LogP contribution in [0.4, 0.5) is 0 Å². The van der Waals surface area contributed by atoms with E-state index in [1.54, 1.807) is 0 Å². The number of aliphatic hydroxyl groups excluding tert-OH is 1. The molecule has 0 amide bonds.